The molecule has 0 rings (SSSR count). The predicted octanol–water partition coefficient (Wildman–Crippen LogP) is 16.2. The number of unbranched alkanes of at least 4 members (excludes halogenated alkanes) is 37. The average molecular weight is 649 g/mol. The Labute approximate surface area is 292 Å². The molecule has 0 aromatic heterocycles. The Bertz CT molecular complexity index is 544. The molecule has 0 radical (unpaired) electrons. The van der Waals surface area contributed by atoms with E-state index in [9.17, 15) is 4.79 Å². The Hall–Kier alpha value is -0.530. The van der Waals surface area contributed by atoms with E-state index < -0.39 is 0 Å². The molecule has 276 valence electrons. The summed E-state index contributed by atoms with van der Waals surface area (Å²) in [5.74, 6) is 0.0319. The van der Waals surface area contributed by atoms with Crippen molar-refractivity contribution in [1.82, 2.24) is 0 Å². The largest absolute Gasteiger partial charge is 0.466 e. The van der Waals surface area contributed by atoms with Crippen LogP contribution in [0, 0.1) is 0 Å². The fourth-order valence-corrected chi connectivity index (χ4v) is 6.96. The fourth-order valence-electron chi connectivity index (χ4n) is 6.96. The lowest BCUT2D eigenvalue weighted by Crippen LogP contribution is -2.05. The normalized spacial score (nSPS) is 11.4. The van der Waals surface area contributed by atoms with Crippen LogP contribution in [0.2, 0.25) is 0 Å². The molecule has 0 amide bonds. The Morgan fingerprint density at radius 1 is 0.283 bits per heavy atom. The first kappa shape index (κ1) is 45.5. The van der Waals surface area contributed by atoms with Crippen molar-refractivity contribution in [3.8, 4) is 0 Å². The zero-order valence-electron chi connectivity index (χ0n) is 32.3. The molecule has 0 aliphatic rings. The van der Waals surface area contributed by atoms with E-state index in [0.29, 0.717) is 13.0 Å². The molecule has 0 unspecified atom stereocenters. The number of rotatable bonds is 41. The SMILES string of the molecule is CCCCCCCCCCCCCCCCCCCCCCCCOC(=O)CCCCCCCCCCCCCCCCCCC. The van der Waals surface area contributed by atoms with Gasteiger partial charge in [0, 0.05) is 6.42 Å². The molecule has 0 aliphatic heterocycles. The summed E-state index contributed by atoms with van der Waals surface area (Å²) in [6, 6.07) is 0. The molecule has 0 spiro atoms. The fraction of sp³-hybridized carbons (Fsp3) is 0.977. The van der Waals surface area contributed by atoms with Crippen LogP contribution >= 0.6 is 0 Å². The Balaban J connectivity index is 3.14. The van der Waals surface area contributed by atoms with Gasteiger partial charge >= 0.3 is 5.97 Å². The zero-order chi connectivity index (χ0) is 33.3. The minimum absolute atomic E-state index is 0.0319. The summed E-state index contributed by atoms with van der Waals surface area (Å²) in [6.45, 7) is 5.23. The zero-order valence-corrected chi connectivity index (χ0v) is 32.3. The van der Waals surface area contributed by atoms with Gasteiger partial charge in [0.15, 0.2) is 0 Å². The summed E-state index contributed by atoms with van der Waals surface area (Å²) in [7, 11) is 0. The van der Waals surface area contributed by atoms with Crippen LogP contribution in [-0.2, 0) is 9.53 Å². The summed E-state index contributed by atoms with van der Waals surface area (Å²) in [5, 5.41) is 0. The second-order valence-corrected chi connectivity index (χ2v) is 15.1. The van der Waals surface area contributed by atoms with Crippen LogP contribution in [0.3, 0.4) is 0 Å². The van der Waals surface area contributed by atoms with Crippen LogP contribution in [0.1, 0.15) is 271 Å². The first-order valence-electron chi connectivity index (χ1n) is 22.0. The van der Waals surface area contributed by atoms with E-state index in [1.807, 2.05) is 0 Å². The van der Waals surface area contributed by atoms with Crippen LogP contribution in [0.5, 0.6) is 0 Å². The highest BCUT2D eigenvalue weighted by Crippen LogP contribution is 2.17. The lowest BCUT2D eigenvalue weighted by molar-refractivity contribution is -0.143. The minimum atomic E-state index is 0.0319. The van der Waals surface area contributed by atoms with Crippen molar-refractivity contribution in [3.05, 3.63) is 0 Å². The molecule has 0 bridgehead atoms. The van der Waals surface area contributed by atoms with E-state index in [1.54, 1.807) is 0 Å². The van der Waals surface area contributed by atoms with E-state index in [1.165, 1.54) is 238 Å². The molecular formula is C44H88O2. The highest BCUT2D eigenvalue weighted by Gasteiger charge is 2.03. The van der Waals surface area contributed by atoms with Gasteiger partial charge < -0.3 is 4.74 Å². The van der Waals surface area contributed by atoms with Crippen molar-refractivity contribution in [2.45, 2.75) is 271 Å². The summed E-state index contributed by atoms with van der Waals surface area (Å²) >= 11 is 0. The predicted molar refractivity (Wildman–Crippen MR) is 207 cm³/mol. The molecule has 0 fully saturated rings. The van der Waals surface area contributed by atoms with Gasteiger partial charge in [-0.25, -0.2) is 0 Å². The van der Waals surface area contributed by atoms with Gasteiger partial charge in [-0.3, -0.25) is 4.79 Å². The second kappa shape index (κ2) is 42.5. The van der Waals surface area contributed by atoms with Gasteiger partial charge in [0.1, 0.15) is 0 Å². The quantitative estimate of drug-likeness (QED) is 0.0487. The van der Waals surface area contributed by atoms with Gasteiger partial charge in [-0.2, -0.15) is 0 Å². The van der Waals surface area contributed by atoms with Gasteiger partial charge in [0.05, 0.1) is 6.61 Å². The maximum atomic E-state index is 12.0. The third-order valence-electron chi connectivity index (χ3n) is 10.2. The van der Waals surface area contributed by atoms with Gasteiger partial charge in [-0.05, 0) is 12.8 Å². The molecule has 2 nitrogen and oxygen atoms in total. The maximum Gasteiger partial charge on any atom is 0.305 e. The summed E-state index contributed by atoms with van der Waals surface area (Å²) < 4.78 is 5.48. The topological polar surface area (TPSA) is 26.3 Å². The average Bonchev–Trinajstić information content (AvgIpc) is 3.06. The summed E-state index contributed by atoms with van der Waals surface area (Å²) in [6.07, 6.45) is 54.9. The lowest BCUT2D eigenvalue weighted by atomic mass is 10.0. The van der Waals surface area contributed by atoms with Crippen molar-refractivity contribution in [2.75, 3.05) is 6.61 Å². The van der Waals surface area contributed by atoms with Crippen molar-refractivity contribution >= 4 is 5.97 Å². The summed E-state index contributed by atoms with van der Waals surface area (Å²) in [4.78, 5) is 12.0. The maximum absolute atomic E-state index is 12.0. The van der Waals surface area contributed by atoms with Crippen molar-refractivity contribution in [3.63, 3.8) is 0 Å². The Morgan fingerprint density at radius 3 is 0.717 bits per heavy atom. The van der Waals surface area contributed by atoms with Crippen LogP contribution in [0.15, 0.2) is 0 Å². The van der Waals surface area contributed by atoms with Crippen LogP contribution in [0.4, 0.5) is 0 Å². The number of carbonyl (C=O) groups is 1. The molecule has 0 atom stereocenters. The number of hydrogen-bond acceptors (Lipinski definition) is 2. The molecule has 0 saturated carbocycles. The van der Waals surface area contributed by atoms with Gasteiger partial charge in [-0.1, -0.05) is 251 Å². The van der Waals surface area contributed by atoms with E-state index in [4.69, 9.17) is 4.74 Å². The molecule has 2 heteroatoms. The Morgan fingerprint density at radius 2 is 0.478 bits per heavy atom. The first-order valence-corrected chi connectivity index (χ1v) is 22.0. The van der Waals surface area contributed by atoms with Crippen molar-refractivity contribution in [1.29, 1.82) is 0 Å². The summed E-state index contributed by atoms with van der Waals surface area (Å²) in [5.41, 5.74) is 0. The van der Waals surface area contributed by atoms with E-state index >= 15 is 0 Å². The molecular weight excluding hydrogens is 560 g/mol. The second-order valence-electron chi connectivity index (χ2n) is 15.1. The van der Waals surface area contributed by atoms with Gasteiger partial charge in [0.25, 0.3) is 0 Å². The van der Waals surface area contributed by atoms with Crippen LogP contribution < -0.4 is 0 Å². The third kappa shape index (κ3) is 41.5. The molecule has 0 heterocycles. The number of carbonyl (C=O) groups excluding carboxylic acids is 1. The molecule has 46 heavy (non-hydrogen) atoms. The molecule has 0 saturated heterocycles. The molecule has 0 aromatic rings. The van der Waals surface area contributed by atoms with Crippen molar-refractivity contribution < 1.29 is 9.53 Å². The van der Waals surface area contributed by atoms with E-state index in [0.717, 1.165) is 12.8 Å². The highest BCUT2D eigenvalue weighted by atomic mass is 16.5. The van der Waals surface area contributed by atoms with Crippen molar-refractivity contribution in [2.24, 2.45) is 0 Å². The van der Waals surface area contributed by atoms with E-state index in [2.05, 4.69) is 13.8 Å². The molecule has 0 aromatic carbocycles. The number of ether oxygens (including phenoxy) is 1. The number of hydrogen-bond donors (Lipinski definition) is 0. The highest BCUT2D eigenvalue weighted by molar-refractivity contribution is 5.69. The minimum Gasteiger partial charge on any atom is -0.466 e. The monoisotopic (exact) mass is 649 g/mol. The molecule has 0 aliphatic carbocycles. The number of esters is 1. The van der Waals surface area contributed by atoms with Gasteiger partial charge in [0.2, 0.25) is 0 Å². The van der Waals surface area contributed by atoms with Crippen LogP contribution in [-0.4, -0.2) is 12.6 Å². The third-order valence-corrected chi connectivity index (χ3v) is 10.2. The Kier molecular flexibility index (Phi) is 42.0. The standard InChI is InChI=1S/C44H88O2/c1-3-5-7-9-11-13-15-17-19-21-22-23-24-25-27-29-31-33-35-37-39-41-43-46-44(45)42-40-38-36-34-32-30-28-26-20-18-16-14-12-10-8-6-4-2/h3-43H2,1-2H3. The van der Waals surface area contributed by atoms with E-state index in [-0.39, 0.29) is 5.97 Å². The first-order chi connectivity index (χ1) is 22.8. The van der Waals surface area contributed by atoms with Crippen LogP contribution in [0.25, 0.3) is 0 Å². The lowest BCUT2D eigenvalue weighted by Gasteiger charge is -2.06. The smallest absolute Gasteiger partial charge is 0.305 e. The van der Waals surface area contributed by atoms with Gasteiger partial charge in [-0.15, -0.1) is 0 Å². The molecule has 0 N–H and O–H groups in total.